The van der Waals surface area contributed by atoms with Gasteiger partial charge in [0.15, 0.2) is 0 Å². The van der Waals surface area contributed by atoms with Crippen LogP contribution in [0.2, 0.25) is 5.02 Å². The first-order valence-electron chi connectivity index (χ1n) is 8.15. The van der Waals surface area contributed by atoms with E-state index in [1.165, 1.54) is 30.5 Å². The molecule has 114 valence electrons. The lowest BCUT2D eigenvalue weighted by atomic mass is 10.00. The van der Waals surface area contributed by atoms with E-state index in [9.17, 15) is 5.11 Å². The van der Waals surface area contributed by atoms with E-state index in [1.54, 1.807) is 0 Å². The van der Waals surface area contributed by atoms with Crippen molar-refractivity contribution in [2.45, 2.75) is 44.4 Å². The van der Waals surface area contributed by atoms with Crippen molar-refractivity contribution in [1.29, 1.82) is 0 Å². The zero-order chi connectivity index (χ0) is 14.4. The quantitative estimate of drug-likeness (QED) is 0.898. The molecule has 2 N–H and O–H groups in total. The lowest BCUT2D eigenvalue weighted by molar-refractivity contribution is 0.133. The van der Waals surface area contributed by atoms with E-state index in [0.717, 1.165) is 31.1 Å². The van der Waals surface area contributed by atoms with Gasteiger partial charge in [0.25, 0.3) is 0 Å². The van der Waals surface area contributed by atoms with Gasteiger partial charge in [-0.2, -0.15) is 0 Å². The van der Waals surface area contributed by atoms with Crippen LogP contribution in [0.25, 0.3) is 0 Å². The molecule has 3 nitrogen and oxygen atoms in total. The number of fused-ring (bicyclic) bond motifs is 1. The van der Waals surface area contributed by atoms with Crippen molar-refractivity contribution < 1.29 is 5.11 Å². The van der Waals surface area contributed by atoms with Gasteiger partial charge in [-0.05, 0) is 55.4 Å². The van der Waals surface area contributed by atoms with Crippen LogP contribution in [0.4, 0.5) is 5.69 Å². The molecule has 0 aromatic heterocycles. The van der Waals surface area contributed by atoms with E-state index in [-0.39, 0.29) is 6.10 Å². The van der Waals surface area contributed by atoms with Crippen molar-refractivity contribution in [2.24, 2.45) is 11.8 Å². The summed E-state index contributed by atoms with van der Waals surface area (Å²) < 4.78 is 0. The predicted octanol–water partition coefficient (Wildman–Crippen LogP) is 2.80. The largest absolute Gasteiger partial charge is 0.393 e. The first kappa shape index (κ1) is 13.9. The highest BCUT2D eigenvalue weighted by atomic mass is 35.5. The molecule has 0 amide bonds. The van der Waals surface area contributed by atoms with Crippen molar-refractivity contribution in [2.75, 3.05) is 18.0 Å². The number of halogens is 1. The molecule has 1 aromatic carbocycles. The fourth-order valence-electron chi connectivity index (χ4n) is 3.98. The molecular weight excluding hydrogens is 284 g/mol. The van der Waals surface area contributed by atoms with Crippen LogP contribution < -0.4 is 10.2 Å². The molecule has 1 heterocycles. The summed E-state index contributed by atoms with van der Waals surface area (Å²) in [5.74, 6) is 1.13. The average molecular weight is 307 g/mol. The van der Waals surface area contributed by atoms with Gasteiger partial charge in [-0.1, -0.05) is 11.6 Å². The predicted molar refractivity (Wildman–Crippen MR) is 85.7 cm³/mol. The van der Waals surface area contributed by atoms with Gasteiger partial charge in [0.1, 0.15) is 0 Å². The average Bonchev–Trinajstić information content (AvgIpc) is 3.11. The summed E-state index contributed by atoms with van der Waals surface area (Å²) in [6.07, 6.45) is 4.66. The van der Waals surface area contributed by atoms with Crippen LogP contribution in [0.15, 0.2) is 18.2 Å². The molecule has 4 rings (SSSR count). The van der Waals surface area contributed by atoms with Gasteiger partial charge in [-0.15, -0.1) is 0 Å². The molecule has 2 aliphatic carbocycles. The third-order valence-electron chi connectivity index (χ3n) is 5.36. The van der Waals surface area contributed by atoms with Gasteiger partial charge < -0.3 is 15.3 Å². The highest BCUT2D eigenvalue weighted by molar-refractivity contribution is 6.30. The number of nitrogens with zero attached hydrogens (tertiary/aromatic N) is 1. The van der Waals surface area contributed by atoms with Crippen LogP contribution in [0.5, 0.6) is 0 Å². The minimum atomic E-state index is -0.0969. The van der Waals surface area contributed by atoms with E-state index >= 15 is 0 Å². The second-order valence-corrected chi connectivity index (χ2v) is 7.34. The van der Waals surface area contributed by atoms with Gasteiger partial charge in [-0.25, -0.2) is 0 Å². The monoisotopic (exact) mass is 306 g/mol. The Balaban J connectivity index is 1.53. The van der Waals surface area contributed by atoms with Gasteiger partial charge in [0.2, 0.25) is 0 Å². The van der Waals surface area contributed by atoms with Crippen molar-refractivity contribution in [3.63, 3.8) is 0 Å². The first-order valence-corrected chi connectivity index (χ1v) is 8.53. The maximum Gasteiger partial charge on any atom is 0.0588 e. The first-order chi connectivity index (χ1) is 10.2. The van der Waals surface area contributed by atoms with E-state index in [1.807, 2.05) is 6.07 Å². The van der Waals surface area contributed by atoms with E-state index in [4.69, 9.17) is 11.6 Å². The van der Waals surface area contributed by atoms with Crippen molar-refractivity contribution in [1.82, 2.24) is 5.32 Å². The Morgan fingerprint density at radius 3 is 2.81 bits per heavy atom. The molecule has 1 saturated heterocycles. The van der Waals surface area contributed by atoms with Crippen molar-refractivity contribution in [3.05, 3.63) is 28.8 Å². The fraction of sp³-hybridized carbons (Fsp3) is 0.647. The summed E-state index contributed by atoms with van der Waals surface area (Å²) in [5.41, 5.74) is 2.60. The number of aliphatic hydroxyl groups is 1. The fourth-order valence-corrected chi connectivity index (χ4v) is 4.17. The number of anilines is 1. The van der Waals surface area contributed by atoms with Crippen LogP contribution in [-0.2, 0) is 6.54 Å². The topological polar surface area (TPSA) is 35.5 Å². The number of aliphatic hydroxyl groups excluding tert-OH is 1. The summed E-state index contributed by atoms with van der Waals surface area (Å²) in [4.78, 5) is 2.46. The molecule has 21 heavy (non-hydrogen) atoms. The third kappa shape index (κ3) is 2.79. The van der Waals surface area contributed by atoms with Gasteiger partial charge in [0, 0.05) is 42.3 Å². The molecule has 0 radical (unpaired) electrons. The zero-order valence-electron chi connectivity index (χ0n) is 12.3. The molecule has 4 heteroatoms. The Morgan fingerprint density at radius 2 is 2.05 bits per heavy atom. The Kier molecular flexibility index (Phi) is 3.60. The van der Waals surface area contributed by atoms with Crippen LogP contribution in [-0.4, -0.2) is 30.3 Å². The number of hydrogen-bond donors (Lipinski definition) is 2. The summed E-state index contributed by atoms with van der Waals surface area (Å²) in [5, 5.41) is 14.5. The van der Waals surface area contributed by atoms with Crippen molar-refractivity contribution >= 4 is 17.3 Å². The molecular formula is C17H23ClN2O. The minimum absolute atomic E-state index is 0.0969. The standard InChI is InChI=1S/C17H23ClN2O/c18-13-2-5-16(12(7-13)8-19-14-3-4-14)20-9-11-1-6-17(21)15(11)10-20/h2,5,7,11,14-15,17,19,21H,1,3-4,6,8-10H2. The maximum atomic E-state index is 10.1. The molecule has 1 aromatic rings. The lowest BCUT2D eigenvalue weighted by Crippen LogP contribution is -2.26. The summed E-state index contributed by atoms with van der Waals surface area (Å²) in [6.45, 7) is 2.97. The highest BCUT2D eigenvalue weighted by Gasteiger charge is 2.42. The summed E-state index contributed by atoms with van der Waals surface area (Å²) >= 11 is 6.19. The Labute approximate surface area is 131 Å². The molecule has 3 unspecified atom stereocenters. The number of nitrogens with one attached hydrogen (secondary N) is 1. The van der Waals surface area contributed by atoms with Crippen LogP contribution in [0, 0.1) is 11.8 Å². The molecule has 3 atom stereocenters. The third-order valence-corrected chi connectivity index (χ3v) is 5.59. The van der Waals surface area contributed by atoms with E-state index in [2.05, 4.69) is 22.3 Å². The Morgan fingerprint density at radius 1 is 1.19 bits per heavy atom. The maximum absolute atomic E-state index is 10.1. The molecule has 1 aliphatic heterocycles. The molecule has 3 fully saturated rings. The van der Waals surface area contributed by atoms with Gasteiger partial charge >= 0.3 is 0 Å². The number of rotatable bonds is 4. The lowest BCUT2D eigenvalue weighted by Gasteiger charge is -2.24. The summed E-state index contributed by atoms with van der Waals surface area (Å²) in [6, 6.07) is 6.94. The van der Waals surface area contributed by atoms with E-state index in [0.29, 0.717) is 17.9 Å². The van der Waals surface area contributed by atoms with Gasteiger partial charge in [0.05, 0.1) is 6.10 Å². The van der Waals surface area contributed by atoms with E-state index < -0.39 is 0 Å². The second kappa shape index (κ2) is 5.45. The number of benzene rings is 1. The Bertz CT molecular complexity index is 532. The normalized spacial score (nSPS) is 31.7. The second-order valence-electron chi connectivity index (χ2n) is 6.90. The van der Waals surface area contributed by atoms with Crippen molar-refractivity contribution in [3.8, 4) is 0 Å². The SMILES string of the molecule is OC1CCC2CN(c3ccc(Cl)cc3CNC3CC3)CC12. The van der Waals surface area contributed by atoms with Crippen LogP contribution in [0.1, 0.15) is 31.2 Å². The van der Waals surface area contributed by atoms with Gasteiger partial charge in [-0.3, -0.25) is 0 Å². The summed E-state index contributed by atoms with van der Waals surface area (Å²) in [7, 11) is 0. The smallest absolute Gasteiger partial charge is 0.0588 e. The molecule has 2 saturated carbocycles. The van der Waals surface area contributed by atoms with Crippen LogP contribution >= 0.6 is 11.6 Å². The molecule has 0 bridgehead atoms. The minimum Gasteiger partial charge on any atom is -0.393 e. The Hall–Kier alpha value is -0.770. The number of hydrogen-bond acceptors (Lipinski definition) is 3. The van der Waals surface area contributed by atoms with Crippen LogP contribution in [0.3, 0.4) is 0 Å². The zero-order valence-corrected chi connectivity index (χ0v) is 13.0. The highest BCUT2D eigenvalue weighted by Crippen LogP contribution is 2.41. The molecule has 0 spiro atoms. The molecule has 3 aliphatic rings.